The van der Waals surface area contributed by atoms with Gasteiger partial charge in [-0.1, -0.05) is 36.0 Å². The first kappa shape index (κ1) is 22.2. The molecule has 164 valence electrons. The van der Waals surface area contributed by atoms with Crippen molar-refractivity contribution < 1.29 is 23.6 Å². The van der Waals surface area contributed by atoms with Crippen LogP contribution in [0, 0.1) is 0 Å². The SMILES string of the molecule is CC(C)(C)OC(=O)Oc1ccc(B2OC(C)(C)C(C)(C)O2)c2c1Sc1ccccc1C2. The molecule has 2 aliphatic rings. The molecule has 0 aliphatic carbocycles. The predicted octanol–water partition coefficient (Wildman–Crippen LogP) is 5.36. The van der Waals surface area contributed by atoms with E-state index in [0.717, 1.165) is 20.8 Å². The molecule has 1 saturated heterocycles. The fourth-order valence-electron chi connectivity index (χ4n) is 3.60. The summed E-state index contributed by atoms with van der Waals surface area (Å²) in [5.74, 6) is 0.490. The maximum absolute atomic E-state index is 12.4. The van der Waals surface area contributed by atoms with Crippen LogP contribution in [-0.4, -0.2) is 30.1 Å². The molecule has 0 unspecified atom stereocenters. The molecule has 0 aromatic heterocycles. The number of hydrogen-bond acceptors (Lipinski definition) is 6. The van der Waals surface area contributed by atoms with E-state index in [4.69, 9.17) is 18.8 Å². The van der Waals surface area contributed by atoms with E-state index in [9.17, 15) is 4.79 Å². The molecular formula is C24H29BO5S. The third-order valence-corrected chi connectivity index (χ3v) is 7.17. The lowest BCUT2D eigenvalue weighted by Gasteiger charge is -2.32. The molecule has 2 aromatic rings. The Kier molecular flexibility index (Phi) is 5.43. The van der Waals surface area contributed by atoms with Crippen LogP contribution < -0.4 is 10.2 Å². The van der Waals surface area contributed by atoms with Crippen molar-refractivity contribution in [2.75, 3.05) is 0 Å². The van der Waals surface area contributed by atoms with E-state index in [1.807, 2.05) is 72.7 Å². The third-order valence-electron chi connectivity index (χ3n) is 5.90. The van der Waals surface area contributed by atoms with Crippen molar-refractivity contribution in [3.05, 3.63) is 47.5 Å². The number of ether oxygens (including phenoxy) is 2. The van der Waals surface area contributed by atoms with Gasteiger partial charge in [-0.05, 0) is 83.6 Å². The predicted molar refractivity (Wildman–Crippen MR) is 122 cm³/mol. The normalized spacial score (nSPS) is 18.9. The van der Waals surface area contributed by atoms with E-state index in [2.05, 4.69) is 12.1 Å². The summed E-state index contributed by atoms with van der Waals surface area (Å²) in [4.78, 5) is 14.4. The average Bonchev–Trinajstić information content (AvgIpc) is 2.86. The van der Waals surface area contributed by atoms with Crippen LogP contribution in [0.2, 0.25) is 0 Å². The summed E-state index contributed by atoms with van der Waals surface area (Å²) in [5, 5.41) is 0. The monoisotopic (exact) mass is 440 g/mol. The molecule has 2 heterocycles. The van der Waals surface area contributed by atoms with Gasteiger partial charge in [-0.3, -0.25) is 0 Å². The Balaban J connectivity index is 1.73. The van der Waals surface area contributed by atoms with E-state index in [1.54, 1.807) is 11.8 Å². The van der Waals surface area contributed by atoms with Gasteiger partial charge in [0.25, 0.3) is 0 Å². The van der Waals surface area contributed by atoms with E-state index in [0.29, 0.717) is 12.2 Å². The summed E-state index contributed by atoms with van der Waals surface area (Å²) in [6, 6.07) is 12.0. The minimum absolute atomic E-state index is 0.435. The molecular weight excluding hydrogens is 411 g/mol. The Hall–Kier alpha value is -1.96. The number of carbonyl (C=O) groups excluding carboxylic acids is 1. The van der Waals surface area contributed by atoms with Crippen molar-refractivity contribution in [3.8, 4) is 5.75 Å². The first-order valence-corrected chi connectivity index (χ1v) is 11.4. The lowest BCUT2D eigenvalue weighted by atomic mass is 9.74. The van der Waals surface area contributed by atoms with Crippen LogP contribution in [-0.2, 0) is 20.5 Å². The van der Waals surface area contributed by atoms with Crippen LogP contribution in [0.25, 0.3) is 0 Å². The third kappa shape index (κ3) is 4.36. The van der Waals surface area contributed by atoms with Crippen LogP contribution in [0.3, 0.4) is 0 Å². The Labute approximate surface area is 188 Å². The molecule has 0 spiro atoms. The second-order valence-corrected chi connectivity index (χ2v) is 11.1. The molecule has 2 aliphatic heterocycles. The summed E-state index contributed by atoms with van der Waals surface area (Å²) >= 11 is 1.60. The van der Waals surface area contributed by atoms with Crippen molar-refractivity contribution in [2.24, 2.45) is 0 Å². The van der Waals surface area contributed by atoms with Gasteiger partial charge in [-0.15, -0.1) is 0 Å². The van der Waals surface area contributed by atoms with Gasteiger partial charge < -0.3 is 18.8 Å². The first-order chi connectivity index (χ1) is 14.4. The van der Waals surface area contributed by atoms with Gasteiger partial charge in [0, 0.05) is 4.90 Å². The number of hydrogen-bond donors (Lipinski definition) is 0. The molecule has 0 amide bonds. The number of carbonyl (C=O) groups is 1. The first-order valence-electron chi connectivity index (χ1n) is 10.5. The van der Waals surface area contributed by atoms with Crippen molar-refractivity contribution in [1.82, 2.24) is 0 Å². The Morgan fingerprint density at radius 2 is 1.68 bits per heavy atom. The Morgan fingerprint density at radius 1 is 1.03 bits per heavy atom. The summed E-state index contributed by atoms with van der Waals surface area (Å²) in [5.41, 5.74) is 1.76. The van der Waals surface area contributed by atoms with Gasteiger partial charge in [-0.25, -0.2) is 4.79 Å². The zero-order chi connectivity index (χ0) is 22.6. The molecule has 5 nitrogen and oxygen atoms in total. The summed E-state index contributed by atoms with van der Waals surface area (Å²) < 4.78 is 23.7. The smallest absolute Gasteiger partial charge is 0.428 e. The van der Waals surface area contributed by atoms with Crippen LogP contribution >= 0.6 is 11.8 Å². The van der Waals surface area contributed by atoms with Crippen molar-refractivity contribution in [3.63, 3.8) is 0 Å². The molecule has 0 radical (unpaired) electrons. The highest BCUT2D eigenvalue weighted by atomic mass is 32.2. The largest absolute Gasteiger partial charge is 0.514 e. The van der Waals surface area contributed by atoms with Crippen molar-refractivity contribution in [1.29, 1.82) is 0 Å². The van der Waals surface area contributed by atoms with Crippen LogP contribution in [0.15, 0.2) is 46.2 Å². The van der Waals surface area contributed by atoms with Gasteiger partial charge in [0.05, 0.1) is 16.1 Å². The maximum atomic E-state index is 12.4. The standard InChI is InChI=1S/C24H29BO5S/c1-22(2,3)28-21(26)27-18-13-12-17(25-29-23(4,5)24(6,7)30-25)16-14-15-10-8-9-11-19(15)31-20(16)18/h8-13H,14H2,1-7H3. The lowest BCUT2D eigenvalue weighted by Crippen LogP contribution is -2.41. The highest BCUT2D eigenvalue weighted by Gasteiger charge is 2.52. The minimum Gasteiger partial charge on any atom is -0.428 e. The second kappa shape index (κ2) is 7.57. The molecule has 4 rings (SSSR count). The van der Waals surface area contributed by atoms with Gasteiger partial charge in [0.1, 0.15) is 11.4 Å². The van der Waals surface area contributed by atoms with Crippen molar-refractivity contribution in [2.45, 2.75) is 81.5 Å². The van der Waals surface area contributed by atoms with Gasteiger partial charge >= 0.3 is 13.3 Å². The molecule has 2 aromatic carbocycles. The highest BCUT2D eigenvalue weighted by molar-refractivity contribution is 7.99. The fraction of sp³-hybridized carbons (Fsp3) is 0.458. The second-order valence-electron chi connectivity index (χ2n) is 10.0. The van der Waals surface area contributed by atoms with Crippen LogP contribution in [0.1, 0.15) is 59.6 Å². The summed E-state index contributed by atoms with van der Waals surface area (Å²) in [6.07, 6.45) is 0.00113. The van der Waals surface area contributed by atoms with Crippen LogP contribution in [0.4, 0.5) is 4.79 Å². The van der Waals surface area contributed by atoms with Gasteiger partial charge in [0.15, 0.2) is 0 Å². The number of fused-ring (bicyclic) bond motifs is 2. The maximum Gasteiger partial charge on any atom is 0.514 e. The molecule has 31 heavy (non-hydrogen) atoms. The lowest BCUT2D eigenvalue weighted by molar-refractivity contribution is 0.00578. The quantitative estimate of drug-likeness (QED) is 0.304. The highest BCUT2D eigenvalue weighted by Crippen LogP contribution is 2.45. The van der Waals surface area contributed by atoms with Gasteiger partial charge in [-0.2, -0.15) is 0 Å². The van der Waals surface area contributed by atoms with Crippen molar-refractivity contribution >= 4 is 30.5 Å². The topological polar surface area (TPSA) is 54.0 Å². The average molecular weight is 440 g/mol. The molecule has 0 bridgehead atoms. The van der Waals surface area contributed by atoms with E-state index >= 15 is 0 Å². The minimum atomic E-state index is -0.711. The molecule has 0 saturated carbocycles. The number of benzene rings is 2. The van der Waals surface area contributed by atoms with Crippen LogP contribution in [0.5, 0.6) is 5.75 Å². The van der Waals surface area contributed by atoms with Gasteiger partial charge in [0.2, 0.25) is 0 Å². The van der Waals surface area contributed by atoms with E-state index in [-0.39, 0.29) is 0 Å². The summed E-state index contributed by atoms with van der Waals surface area (Å²) in [6.45, 7) is 13.6. The fourth-order valence-corrected chi connectivity index (χ4v) is 4.76. The Morgan fingerprint density at radius 3 is 2.32 bits per heavy atom. The zero-order valence-corrected chi connectivity index (χ0v) is 20.0. The zero-order valence-electron chi connectivity index (χ0n) is 19.2. The molecule has 0 atom stereocenters. The molecule has 1 fully saturated rings. The molecule has 7 heteroatoms. The molecule has 0 N–H and O–H groups in total. The summed E-state index contributed by atoms with van der Waals surface area (Å²) in [7, 11) is -0.486. The van der Waals surface area contributed by atoms with E-state index < -0.39 is 30.1 Å². The van der Waals surface area contributed by atoms with E-state index in [1.165, 1.54) is 5.56 Å². The number of rotatable bonds is 2. The Bertz CT molecular complexity index is 1010.